The number of ether oxygens (including phenoxy) is 2. The molecule has 1 N–H and O–H groups in total. The fourth-order valence-electron chi connectivity index (χ4n) is 5.53. The Balaban J connectivity index is 1.32. The molecule has 0 spiro atoms. The van der Waals surface area contributed by atoms with Gasteiger partial charge >= 0.3 is 5.97 Å². The summed E-state index contributed by atoms with van der Waals surface area (Å²) in [5, 5.41) is 3.00. The summed E-state index contributed by atoms with van der Waals surface area (Å²) in [7, 11) is -3.80. The standard InChI is InChI=1S/C28H35N3O6S/c32-27(29-25-10-6-8-21-7-2-3-9-23(21)25)20-37-28(33)24-19-22(38(34,35)31-15-17-36-18-16-31)11-12-26(24)30-13-4-1-5-14-30/h2-3,7,9,11-12,19,25H,1,4-6,8,10,13-18,20H2,(H,29,32)/t25-/m0/s1. The van der Waals surface area contributed by atoms with Gasteiger partial charge < -0.3 is 19.7 Å². The number of amides is 1. The molecule has 38 heavy (non-hydrogen) atoms. The topological polar surface area (TPSA) is 105 Å². The maximum Gasteiger partial charge on any atom is 0.340 e. The number of benzene rings is 2. The number of carbonyl (C=O) groups is 2. The lowest BCUT2D eigenvalue weighted by Crippen LogP contribution is -2.40. The van der Waals surface area contributed by atoms with E-state index in [1.54, 1.807) is 12.1 Å². The maximum atomic E-state index is 13.3. The van der Waals surface area contributed by atoms with Crippen LogP contribution in [-0.4, -0.2) is 70.6 Å². The highest BCUT2D eigenvalue weighted by Gasteiger charge is 2.30. The number of sulfonamides is 1. The van der Waals surface area contributed by atoms with E-state index >= 15 is 0 Å². The number of nitrogens with one attached hydrogen (secondary N) is 1. The predicted molar refractivity (Wildman–Crippen MR) is 143 cm³/mol. The van der Waals surface area contributed by atoms with Crippen LogP contribution in [0.3, 0.4) is 0 Å². The van der Waals surface area contributed by atoms with E-state index in [4.69, 9.17) is 9.47 Å². The smallest absolute Gasteiger partial charge is 0.340 e. The normalized spacial score (nSPS) is 20.4. The molecule has 1 amide bonds. The second-order valence-corrected chi connectivity index (χ2v) is 12.0. The highest BCUT2D eigenvalue weighted by molar-refractivity contribution is 7.89. The quantitative estimate of drug-likeness (QED) is 0.537. The van der Waals surface area contributed by atoms with E-state index in [1.165, 1.54) is 15.9 Å². The molecule has 0 radical (unpaired) electrons. The van der Waals surface area contributed by atoms with Gasteiger partial charge in [-0.05, 0) is 67.9 Å². The van der Waals surface area contributed by atoms with Gasteiger partial charge in [-0.15, -0.1) is 0 Å². The van der Waals surface area contributed by atoms with E-state index in [-0.39, 0.29) is 35.5 Å². The summed E-state index contributed by atoms with van der Waals surface area (Å²) in [5.74, 6) is -1.08. The van der Waals surface area contributed by atoms with E-state index in [0.717, 1.165) is 57.2 Å². The zero-order chi connectivity index (χ0) is 26.5. The Morgan fingerprint density at radius 1 is 0.974 bits per heavy atom. The van der Waals surface area contributed by atoms with Gasteiger partial charge in [0.15, 0.2) is 6.61 Å². The molecule has 2 aromatic rings. The van der Waals surface area contributed by atoms with Crippen molar-refractivity contribution in [1.29, 1.82) is 0 Å². The Morgan fingerprint density at radius 2 is 1.74 bits per heavy atom. The first-order chi connectivity index (χ1) is 18.4. The number of esters is 1. The second-order valence-electron chi connectivity index (χ2n) is 10.0. The van der Waals surface area contributed by atoms with Crippen LogP contribution in [0.5, 0.6) is 0 Å². The monoisotopic (exact) mass is 541 g/mol. The highest BCUT2D eigenvalue weighted by Crippen LogP contribution is 2.30. The second kappa shape index (κ2) is 11.8. The summed E-state index contributed by atoms with van der Waals surface area (Å²) >= 11 is 0. The van der Waals surface area contributed by atoms with Crippen molar-refractivity contribution in [3.63, 3.8) is 0 Å². The lowest BCUT2D eigenvalue weighted by Gasteiger charge is -2.31. The molecule has 2 heterocycles. The predicted octanol–water partition coefficient (Wildman–Crippen LogP) is 3.05. The molecule has 1 aliphatic carbocycles. The maximum absolute atomic E-state index is 13.3. The van der Waals surface area contributed by atoms with Crippen molar-refractivity contribution in [2.45, 2.75) is 49.5 Å². The van der Waals surface area contributed by atoms with E-state index in [1.807, 2.05) is 18.2 Å². The van der Waals surface area contributed by atoms with Crippen molar-refractivity contribution in [1.82, 2.24) is 9.62 Å². The van der Waals surface area contributed by atoms with Crippen molar-refractivity contribution in [3.05, 3.63) is 59.2 Å². The molecule has 1 atom stereocenters. The third-order valence-electron chi connectivity index (χ3n) is 7.53. The minimum atomic E-state index is -3.80. The third-order valence-corrected chi connectivity index (χ3v) is 9.43. The van der Waals surface area contributed by atoms with Gasteiger partial charge in [-0.2, -0.15) is 4.31 Å². The molecule has 2 aliphatic heterocycles. The van der Waals surface area contributed by atoms with Crippen molar-refractivity contribution in [2.75, 3.05) is 50.9 Å². The number of morpholine rings is 1. The third kappa shape index (κ3) is 5.87. The Hall–Kier alpha value is -2.95. The lowest BCUT2D eigenvalue weighted by atomic mass is 9.88. The summed E-state index contributed by atoms with van der Waals surface area (Å²) in [6.45, 7) is 2.31. The molecular weight excluding hydrogens is 506 g/mol. The van der Waals surface area contributed by atoms with Gasteiger partial charge in [-0.3, -0.25) is 4.79 Å². The van der Waals surface area contributed by atoms with Crippen LogP contribution in [0.2, 0.25) is 0 Å². The van der Waals surface area contributed by atoms with Crippen LogP contribution in [0, 0.1) is 0 Å². The van der Waals surface area contributed by atoms with Gasteiger partial charge in [0.25, 0.3) is 5.91 Å². The molecule has 9 nitrogen and oxygen atoms in total. The van der Waals surface area contributed by atoms with Crippen LogP contribution in [0.15, 0.2) is 47.4 Å². The molecule has 2 saturated heterocycles. The van der Waals surface area contributed by atoms with E-state index in [0.29, 0.717) is 18.9 Å². The average molecular weight is 542 g/mol. The van der Waals surface area contributed by atoms with Crippen molar-refractivity contribution in [3.8, 4) is 0 Å². The average Bonchev–Trinajstić information content (AvgIpc) is 2.96. The fraction of sp³-hybridized carbons (Fsp3) is 0.500. The molecule has 0 bridgehead atoms. The van der Waals surface area contributed by atoms with Crippen LogP contribution >= 0.6 is 0 Å². The largest absolute Gasteiger partial charge is 0.452 e. The zero-order valence-electron chi connectivity index (χ0n) is 21.6. The number of rotatable bonds is 7. The molecule has 10 heteroatoms. The van der Waals surface area contributed by atoms with Crippen molar-refractivity contribution in [2.24, 2.45) is 0 Å². The van der Waals surface area contributed by atoms with E-state index < -0.39 is 22.6 Å². The highest BCUT2D eigenvalue weighted by atomic mass is 32.2. The minimum absolute atomic E-state index is 0.0374. The lowest BCUT2D eigenvalue weighted by molar-refractivity contribution is -0.125. The van der Waals surface area contributed by atoms with Gasteiger partial charge in [0.2, 0.25) is 10.0 Å². The number of aryl methyl sites for hydroxylation is 1. The fourth-order valence-corrected chi connectivity index (χ4v) is 6.97. The van der Waals surface area contributed by atoms with Gasteiger partial charge in [-0.1, -0.05) is 24.3 Å². The number of hydrogen-bond acceptors (Lipinski definition) is 7. The van der Waals surface area contributed by atoms with Crippen molar-refractivity contribution < 1.29 is 27.5 Å². The first kappa shape index (κ1) is 26.6. The van der Waals surface area contributed by atoms with Gasteiger partial charge in [0.1, 0.15) is 0 Å². The van der Waals surface area contributed by atoms with Crippen LogP contribution in [0.25, 0.3) is 0 Å². The van der Waals surface area contributed by atoms with Crippen molar-refractivity contribution >= 4 is 27.6 Å². The number of piperidine rings is 1. The van der Waals surface area contributed by atoms with Crippen LogP contribution < -0.4 is 10.2 Å². The molecule has 2 aromatic carbocycles. The summed E-state index contributed by atoms with van der Waals surface area (Å²) in [4.78, 5) is 28.2. The number of fused-ring (bicyclic) bond motifs is 1. The Morgan fingerprint density at radius 3 is 2.53 bits per heavy atom. The van der Waals surface area contributed by atoms with Gasteiger partial charge in [-0.25, -0.2) is 13.2 Å². The molecule has 5 rings (SSSR count). The number of anilines is 1. The zero-order valence-corrected chi connectivity index (χ0v) is 22.4. The van der Waals surface area contributed by atoms with E-state index in [2.05, 4.69) is 16.3 Å². The number of carbonyl (C=O) groups excluding carboxylic acids is 2. The Kier molecular flexibility index (Phi) is 8.30. The van der Waals surface area contributed by atoms with Gasteiger partial charge in [0.05, 0.1) is 35.4 Å². The molecular formula is C28H35N3O6S. The Bertz CT molecular complexity index is 1270. The van der Waals surface area contributed by atoms with E-state index in [9.17, 15) is 18.0 Å². The SMILES string of the molecule is O=C(COC(=O)c1cc(S(=O)(=O)N2CCOCC2)ccc1N1CCCCC1)N[C@H]1CCCc2ccccc21. The molecule has 0 unspecified atom stereocenters. The van der Waals surface area contributed by atoms with Crippen LogP contribution in [-0.2, 0) is 30.7 Å². The van der Waals surface area contributed by atoms with Gasteiger partial charge in [0, 0.05) is 26.2 Å². The number of nitrogens with zero attached hydrogens (tertiary/aromatic N) is 2. The summed E-state index contributed by atoms with van der Waals surface area (Å²) in [5.41, 5.74) is 3.13. The molecule has 2 fully saturated rings. The summed E-state index contributed by atoms with van der Waals surface area (Å²) in [6.07, 6.45) is 5.90. The first-order valence-corrected chi connectivity index (χ1v) is 14.9. The Labute approximate surface area is 224 Å². The van der Waals surface area contributed by atoms with Crippen LogP contribution in [0.1, 0.15) is 59.6 Å². The minimum Gasteiger partial charge on any atom is -0.452 e. The number of hydrogen-bond donors (Lipinski definition) is 1. The molecule has 0 saturated carbocycles. The molecule has 0 aromatic heterocycles. The first-order valence-electron chi connectivity index (χ1n) is 13.4. The summed E-state index contributed by atoms with van der Waals surface area (Å²) in [6, 6.07) is 12.6. The molecule has 204 valence electrons. The summed E-state index contributed by atoms with van der Waals surface area (Å²) < 4.78 is 38.7. The molecule has 3 aliphatic rings. The van der Waals surface area contributed by atoms with Crippen LogP contribution in [0.4, 0.5) is 5.69 Å².